The molecule has 2 fully saturated rings. The summed E-state index contributed by atoms with van der Waals surface area (Å²) in [6.07, 6.45) is 8.71. The summed E-state index contributed by atoms with van der Waals surface area (Å²) in [5, 5.41) is -0.469. The second-order valence-corrected chi connectivity index (χ2v) is 9.26. The Balaban J connectivity index is 1.81. The van der Waals surface area contributed by atoms with Gasteiger partial charge in [-0.15, -0.1) is 6.42 Å². The Morgan fingerprint density at radius 1 is 1.35 bits per heavy atom. The van der Waals surface area contributed by atoms with Crippen molar-refractivity contribution in [2.75, 3.05) is 33.4 Å². The highest BCUT2D eigenvalue weighted by Crippen LogP contribution is 2.39. The number of halogens is 1. The Labute approximate surface area is 194 Å². The maximum absolute atomic E-state index is 12.9. The third-order valence-electron chi connectivity index (χ3n) is 5.16. The molecule has 0 radical (unpaired) electrons. The molecule has 0 N–H and O–H groups in total. The van der Waals surface area contributed by atoms with E-state index in [-0.39, 0.29) is 24.0 Å². The molecule has 1 aromatic carbocycles. The maximum Gasteiger partial charge on any atom is 0.294 e. The first-order chi connectivity index (χ1) is 14.8. The normalized spacial score (nSPS) is 18.5. The van der Waals surface area contributed by atoms with Gasteiger partial charge in [0.25, 0.3) is 11.1 Å². The number of terminal acetylenes is 1. The van der Waals surface area contributed by atoms with Crippen LogP contribution in [0, 0.1) is 18.3 Å². The lowest BCUT2D eigenvalue weighted by molar-refractivity contribution is -0.136. The van der Waals surface area contributed by atoms with Crippen molar-refractivity contribution in [3.8, 4) is 23.8 Å². The van der Waals surface area contributed by atoms with Crippen molar-refractivity contribution in [3.63, 3.8) is 0 Å². The largest absolute Gasteiger partial charge is 0.493 e. The van der Waals surface area contributed by atoms with Crippen LogP contribution in [-0.2, 0) is 9.59 Å². The fraction of sp³-hybridized carbons (Fsp3) is 0.409. The lowest BCUT2D eigenvalue weighted by atomic mass is 9.99. The van der Waals surface area contributed by atoms with E-state index in [1.807, 2.05) is 0 Å². The molecule has 31 heavy (non-hydrogen) atoms. The SMILES string of the molecule is C#CCOc1c(/C=C2/SC(=O)N(CC(=O)N3CCC(C)CC3)C2=O)cc(Br)cc1OC. The maximum atomic E-state index is 12.9. The minimum Gasteiger partial charge on any atom is -0.493 e. The number of likely N-dealkylation sites (tertiary alicyclic amines) is 1. The van der Waals surface area contributed by atoms with E-state index in [1.165, 1.54) is 7.11 Å². The fourth-order valence-electron chi connectivity index (χ4n) is 3.39. The van der Waals surface area contributed by atoms with Crippen LogP contribution in [0.2, 0.25) is 0 Å². The smallest absolute Gasteiger partial charge is 0.294 e. The standard InChI is InChI=1S/C22H23BrN2O5S/c1-4-9-30-20-15(10-16(23)12-17(20)29-3)11-18-21(27)25(22(28)31-18)13-19(26)24-7-5-14(2)6-8-24/h1,10-12,14H,5-9,13H2,2-3H3/b18-11+. The second-order valence-electron chi connectivity index (χ2n) is 7.35. The lowest BCUT2D eigenvalue weighted by Gasteiger charge is -2.31. The highest BCUT2D eigenvalue weighted by molar-refractivity contribution is 9.10. The molecule has 0 aromatic heterocycles. The van der Waals surface area contributed by atoms with Crippen molar-refractivity contribution in [1.29, 1.82) is 0 Å². The van der Waals surface area contributed by atoms with E-state index in [0.717, 1.165) is 29.5 Å². The van der Waals surface area contributed by atoms with Crippen molar-refractivity contribution < 1.29 is 23.9 Å². The first-order valence-corrected chi connectivity index (χ1v) is 11.4. The second kappa shape index (κ2) is 10.2. The van der Waals surface area contributed by atoms with Crippen LogP contribution < -0.4 is 9.47 Å². The van der Waals surface area contributed by atoms with E-state index >= 15 is 0 Å². The summed E-state index contributed by atoms with van der Waals surface area (Å²) in [6.45, 7) is 3.23. The average Bonchev–Trinajstić information content (AvgIpc) is 3.00. The quantitative estimate of drug-likeness (QED) is 0.431. The molecule has 2 aliphatic heterocycles. The van der Waals surface area contributed by atoms with Crippen LogP contribution >= 0.6 is 27.7 Å². The van der Waals surface area contributed by atoms with E-state index < -0.39 is 11.1 Å². The van der Waals surface area contributed by atoms with Crippen molar-refractivity contribution in [1.82, 2.24) is 9.80 Å². The van der Waals surface area contributed by atoms with E-state index in [9.17, 15) is 14.4 Å². The summed E-state index contributed by atoms with van der Waals surface area (Å²) in [5.74, 6) is 3.06. The number of carbonyl (C=O) groups is 3. The Bertz CT molecular complexity index is 963. The van der Waals surface area contributed by atoms with E-state index in [1.54, 1.807) is 23.1 Å². The summed E-state index contributed by atoms with van der Waals surface area (Å²) in [4.78, 5) is 40.9. The fourth-order valence-corrected chi connectivity index (χ4v) is 4.67. The molecule has 2 heterocycles. The van der Waals surface area contributed by atoms with Crippen LogP contribution in [0.3, 0.4) is 0 Å². The van der Waals surface area contributed by atoms with Gasteiger partial charge in [-0.05, 0) is 48.7 Å². The topological polar surface area (TPSA) is 76.2 Å². The zero-order valence-electron chi connectivity index (χ0n) is 17.4. The molecule has 3 amide bonds. The van der Waals surface area contributed by atoms with Crippen LogP contribution in [0.4, 0.5) is 4.79 Å². The van der Waals surface area contributed by atoms with Crippen molar-refractivity contribution in [2.24, 2.45) is 5.92 Å². The first-order valence-electron chi connectivity index (χ1n) is 9.81. The molecular weight excluding hydrogens is 484 g/mol. The monoisotopic (exact) mass is 506 g/mol. The molecule has 0 bridgehead atoms. The van der Waals surface area contributed by atoms with Gasteiger partial charge in [-0.3, -0.25) is 19.3 Å². The number of hydrogen-bond donors (Lipinski definition) is 0. The predicted molar refractivity (Wildman–Crippen MR) is 123 cm³/mol. The van der Waals surface area contributed by atoms with Gasteiger partial charge in [-0.25, -0.2) is 0 Å². The number of benzene rings is 1. The molecule has 2 saturated heterocycles. The van der Waals surface area contributed by atoms with Crippen LogP contribution in [-0.4, -0.2) is 60.2 Å². The summed E-state index contributed by atoms with van der Waals surface area (Å²) < 4.78 is 11.7. The van der Waals surface area contributed by atoms with Crippen LogP contribution in [0.15, 0.2) is 21.5 Å². The molecule has 3 rings (SSSR count). The van der Waals surface area contributed by atoms with Crippen LogP contribution in [0.25, 0.3) is 6.08 Å². The van der Waals surface area contributed by atoms with Gasteiger partial charge in [0.15, 0.2) is 11.5 Å². The van der Waals surface area contributed by atoms with E-state index in [4.69, 9.17) is 15.9 Å². The Hall–Kier alpha value is -2.44. The first kappa shape index (κ1) is 23.2. The number of amides is 3. The zero-order valence-corrected chi connectivity index (χ0v) is 19.8. The van der Waals surface area contributed by atoms with Gasteiger partial charge in [-0.1, -0.05) is 28.8 Å². The van der Waals surface area contributed by atoms with Gasteiger partial charge in [0.05, 0.1) is 12.0 Å². The molecule has 2 aliphatic rings. The number of ether oxygens (including phenoxy) is 2. The lowest BCUT2D eigenvalue weighted by Crippen LogP contribution is -2.45. The number of carbonyl (C=O) groups excluding carboxylic acids is 3. The number of hydrogen-bond acceptors (Lipinski definition) is 6. The van der Waals surface area contributed by atoms with Gasteiger partial charge >= 0.3 is 0 Å². The highest BCUT2D eigenvalue weighted by Gasteiger charge is 2.37. The Morgan fingerprint density at radius 3 is 2.71 bits per heavy atom. The van der Waals surface area contributed by atoms with Gasteiger partial charge < -0.3 is 14.4 Å². The van der Waals surface area contributed by atoms with Gasteiger partial charge in [0, 0.05) is 23.1 Å². The summed E-state index contributed by atoms with van der Waals surface area (Å²) in [7, 11) is 1.50. The number of methoxy groups -OCH3 is 1. The van der Waals surface area contributed by atoms with Gasteiger partial charge in [-0.2, -0.15) is 0 Å². The minimum absolute atomic E-state index is 0.0171. The van der Waals surface area contributed by atoms with Crippen LogP contribution in [0.5, 0.6) is 11.5 Å². The van der Waals surface area contributed by atoms with Gasteiger partial charge in [0.1, 0.15) is 13.2 Å². The Morgan fingerprint density at radius 2 is 2.06 bits per heavy atom. The number of thioether (sulfide) groups is 1. The Kier molecular flexibility index (Phi) is 7.68. The third kappa shape index (κ3) is 5.43. The molecule has 0 aliphatic carbocycles. The highest BCUT2D eigenvalue weighted by atomic mass is 79.9. The van der Waals surface area contributed by atoms with Gasteiger partial charge in [0.2, 0.25) is 5.91 Å². The number of rotatable bonds is 6. The zero-order chi connectivity index (χ0) is 22.5. The van der Waals surface area contributed by atoms with E-state index in [2.05, 4.69) is 28.8 Å². The number of imide groups is 1. The molecule has 0 spiro atoms. The third-order valence-corrected chi connectivity index (χ3v) is 6.52. The molecule has 7 nitrogen and oxygen atoms in total. The molecule has 0 unspecified atom stereocenters. The average molecular weight is 507 g/mol. The van der Waals surface area contributed by atoms with E-state index in [0.29, 0.717) is 40.5 Å². The number of nitrogens with zero attached hydrogens (tertiary/aromatic N) is 2. The molecule has 9 heteroatoms. The molecule has 1 aromatic rings. The minimum atomic E-state index is -0.504. The number of piperidine rings is 1. The summed E-state index contributed by atoms with van der Waals surface area (Å²) in [5.41, 5.74) is 0.531. The molecule has 164 valence electrons. The summed E-state index contributed by atoms with van der Waals surface area (Å²) in [6, 6.07) is 3.45. The predicted octanol–water partition coefficient (Wildman–Crippen LogP) is 3.76. The summed E-state index contributed by atoms with van der Waals surface area (Å²) >= 11 is 4.19. The molecule has 0 atom stereocenters. The molecular formula is C22H23BrN2O5S. The van der Waals surface area contributed by atoms with Crippen LogP contribution in [0.1, 0.15) is 25.3 Å². The van der Waals surface area contributed by atoms with Crippen molar-refractivity contribution in [3.05, 3.63) is 27.1 Å². The van der Waals surface area contributed by atoms with Crippen molar-refractivity contribution in [2.45, 2.75) is 19.8 Å². The van der Waals surface area contributed by atoms with Crippen molar-refractivity contribution >= 4 is 50.8 Å². The molecule has 0 saturated carbocycles.